The lowest BCUT2D eigenvalue weighted by molar-refractivity contribution is -0.114. The Morgan fingerprint density at radius 3 is 2.75 bits per heavy atom. The van der Waals surface area contributed by atoms with Crippen LogP contribution in [0.5, 0.6) is 0 Å². The molecule has 0 aromatic heterocycles. The van der Waals surface area contributed by atoms with Gasteiger partial charge in [-0.15, -0.1) is 0 Å². The van der Waals surface area contributed by atoms with E-state index in [0.29, 0.717) is 12.3 Å². The van der Waals surface area contributed by atoms with Crippen molar-refractivity contribution in [2.24, 2.45) is 11.3 Å². The van der Waals surface area contributed by atoms with Crippen molar-refractivity contribution < 1.29 is 4.79 Å². The lowest BCUT2D eigenvalue weighted by Gasteiger charge is -2.37. The molecule has 0 saturated carbocycles. The molecule has 0 aromatic carbocycles. The average Bonchev–Trinajstić information content (AvgIpc) is 2.21. The summed E-state index contributed by atoms with van der Waals surface area (Å²) in [6.07, 6.45) is 7.15. The fourth-order valence-electron chi connectivity index (χ4n) is 2.47. The molecule has 0 aliphatic heterocycles. The summed E-state index contributed by atoms with van der Waals surface area (Å²) in [5.74, 6) is 0.561. The Balaban J connectivity index is 2.97. The second kappa shape index (κ2) is 4.99. The minimum Gasteiger partial charge on any atom is -0.295 e. The van der Waals surface area contributed by atoms with Gasteiger partial charge in [0, 0.05) is 12.3 Å². The molecule has 1 unspecified atom stereocenters. The van der Waals surface area contributed by atoms with E-state index in [1.807, 2.05) is 6.92 Å². The highest BCUT2D eigenvalue weighted by molar-refractivity contribution is 5.95. The van der Waals surface area contributed by atoms with Crippen LogP contribution in [0.3, 0.4) is 0 Å². The molecule has 0 aromatic rings. The molecule has 0 amide bonds. The van der Waals surface area contributed by atoms with Crippen molar-refractivity contribution in [3.8, 4) is 0 Å². The van der Waals surface area contributed by atoms with Gasteiger partial charge in [-0.05, 0) is 44.6 Å². The van der Waals surface area contributed by atoms with Gasteiger partial charge in [0.05, 0.1) is 0 Å². The molecule has 1 heteroatoms. The lowest BCUT2D eigenvalue weighted by atomic mass is 9.68. The van der Waals surface area contributed by atoms with E-state index < -0.39 is 0 Å². The van der Waals surface area contributed by atoms with Crippen LogP contribution in [-0.4, -0.2) is 5.78 Å². The number of hydrogen-bond donors (Lipinski definition) is 0. The van der Waals surface area contributed by atoms with Crippen LogP contribution in [0, 0.1) is 18.3 Å². The minimum absolute atomic E-state index is 0.161. The van der Waals surface area contributed by atoms with Crippen LogP contribution in [-0.2, 0) is 4.79 Å². The molecular weight excluding hydrogens is 196 g/mol. The van der Waals surface area contributed by atoms with Crippen molar-refractivity contribution in [1.29, 1.82) is 0 Å². The highest BCUT2D eigenvalue weighted by Crippen LogP contribution is 2.42. The Morgan fingerprint density at radius 1 is 1.62 bits per heavy atom. The maximum absolute atomic E-state index is 11.6. The second-order valence-electron chi connectivity index (χ2n) is 5.48. The van der Waals surface area contributed by atoms with Gasteiger partial charge >= 0.3 is 0 Å². The molecule has 1 atom stereocenters. The molecule has 0 spiro atoms. The molecule has 0 bridgehead atoms. The molecule has 1 rings (SSSR count). The quantitative estimate of drug-likeness (QED) is 0.515. The second-order valence-corrected chi connectivity index (χ2v) is 5.48. The predicted octanol–water partition coefficient (Wildman–Crippen LogP) is 4.11. The van der Waals surface area contributed by atoms with Crippen LogP contribution in [0.15, 0.2) is 23.3 Å². The molecular formula is C15H23O. The molecule has 0 heterocycles. The summed E-state index contributed by atoms with van der Waals surface area (Å²) in [6, 6.07) is 0. The molecule has 16 heavy (non-hydrogen) atoms. The zero-order valence-corrected chi connectivity index (χ0v) is 11.0. The normalized spacial score (nSPS) is 25.2. The SMILES string of the molecule is [CH2]CC(=O)/C(C)=C/C1C(C)=CCCC1(C)C. The first-order valence-electron chi connectivity index (χ1n) is 6.06. The Kier molecular flexibility index (Phi) is 4.12. The van der Waals surface area contributed by atoms with Crippen molar-refractivity contribution in [3.05, 3.63) is 30.2 Å². The average molecular weight is 219 g/mol. The van der Waals surface area contributed by atoms with Crippen LogP contribution < -0.4 is 0 Å². The molecule has 1 nitrogen and oxygen atoms in total. The van der Waals surface area contributed by atoms with Crippen LogP contribution in [0.2, 0.25) is 0 Å². The van der Waals surface area contributed by atoms with Crippen molar-refractivity contribution in [3.63, 3.8) is 0 Å². The Labute approximate surface area is 99.6 Å². The molecule has 0 fully saturated rings. The molecule has 1 aliphatic rings. The van der Waals surface area contributed by atoms with Crippen LogP contribution in [0.25, 0.3) is 0 Å². The fraction of sp³-hybridized carbons (Fsp3) is 0.600. The molecule has 1 aliphatic carbocycles. The number of ketones is 1. The zero-order valence-electron chi connectivity index (χ0n) is 11.0. The standard InChI is InChI=1S/C15H23O/c1-6-14(16)12(3)10-13-11(2)8-7-9-15(13,4)5/h8,10,13H,1,6-7,9H2,2-5H3/b12-10+. The zero-order chi connectivity index (χ0) is 12.3. The summed E-state index contributed by atoms with van der Waals surface area (Å²) in [5.41, 5.74) is 2.52. The van der Waals surface area contributed by atoms with Crippen molar-refractivity contribution >= 4 is 5.78 Å². The smallest absolute Gasteiger partial charge is 0.158 e. The maximum Gasteiger partial charge on any atom is 0.158 e. The van der Waals surface area contributed by atoms with Gasteiger partial charge in [-0.3, -0.25) is 4.79 Å². The Bertz CT molecular complexity index is 331. The van der Waals surface area contributed by atoms with Gasteiger partial charge in [0.25, 0.3) is 0 Å². The summed E-state index contributed by atoms with van der Waals surface area (Å²) in [7, 11) is 0. The molecule has 1 radical (unpaired) electrons. The van der Waals surface area contributed by atoms with E-state index in [1.165, 1.54) is 12.0 Å². The largest absolute Gasteiger partial charge is 0.295 e. The Morgan fingerprint density at radius 2 is 2.25 bits per heavy atom. The number of rotatable bonds is 3. The van der Waals surface area contributed by atoms with E-state index in [-0.39, 0.29) is 11.2 Å². The number of Topliss-reactive ketones (excluding diaryl/α,β-unsaturated/α-hetero) is 1. The van der Waals surface area contributed by atoms with Gasteiger partial charge in [0.15, 0.2) is 5.78 Å². The van der Waals surface area contributed by atoms with Crippen LogP contribution >= 0.6 is 0 Å². The predicted molar refractivity (Wildman–Crippen MR) is 69.0 cm³/mol. The van der Waals surface area contributed by atoms with Gasteiger partial charge in [-0.2, -0.15) is 0 Å². The number of allylic oxidation sites excluding steroid dienone is 4. The third-order valence-electron chi connectivity index (χ3n) is 3.67. The minimum atomic E-state index is 0.161. The summed E-state index contributed by atoms with van der Waals surface area (Å²) < 4.78 is 0. The topological polar surface area (TPSA) is 17.1 Å². The number of carbonyl (C=O) groups is 1. The highest BCUT2D eigenvalue weighted by Gasteiger charge is 2.31. The van der Waals surface area contributed by atoms with Gasteiger partial charge in [-0.25, -0.2) is 0 Å². The van der Waals surface area contributed by atoms with Crippen molar-refractivity contribution in [2.75, 3.05) is 0 Å². The maximum atomic E-state index is 11.6. The van der Waals surface area contributed by atoms with Crippen LogP contribution in [0.1, 0.15) is 47.0 Å². The monoisotopic (exact) mass is 219 g/mol. The first kappa shape index (κ1) is 13.2. The number of carbonyl (C=O) groups excluding carboxylic acids is 1. The van der Waals surface area contributed by atoms with E-state index in [2.05, 4.69) is 39.8 Å². The van der Waals surface area contributed by atoms with Crippen LogP contribution in [0.4, 0.5) is 0 Å². The fourth-order valence-corrected chi connectivity index (χ4v) is 2.47. The first-order valence-corrected chi connectivity index (χ1v) is 6.06. The highest BCUT2D eigenvalue weighted by atomic mass is 16.1. The summed E-state index contributed by atoms with van der Waals surface area (Å²) in [5, 5.41) is 0. The van der Waals surface area contributed by atoms with Gasteiger partial charge < -0.3 is 0 Å². The third kappa shape index (κ3) is 2.84. The van der Waals surface area contributed by atoms with E-state index in [0.717, 1.165) is 12.0 Å². The number of hydrogen-bond acceptors (Lipinski definition) is 1. The van der Waals surface area contributed by atoms with E-state index in [9.17, 15) is 4.79 Å². The van der Waals surface area contributed by atoms with Gasteiger partial charge in [0.2, 0.25) is 0 Å². The molecule has 0 saturated heterocycles. The van der Waals surface area contributed by atoms with Gasteiger partial charge in [0.1, 0.15) is 0 Å². The lowest BCUT2D eigenvalue weighted by Crippen LogP contribution is -2.27. The van der Waals surface area contributed by atoms with E-state index in [4.69, 9.17) is 0 Å². The third-order valence-corrected chi connectivity index (χ3v) is 3.67. The van der Waals surface area contributed by atoms with E-state index >= 15 is 0 Å². The van der Waals surface area contributed by atoms with E-state index in [1.54, 1.807) is 0 Å². The van der Waals surface area contributed by atoms with Crippen molar-refractivity contribution in [1.82, 2.24) is 0 Å². The van der Waals surface area contributed by atoms with Crippen molar-refractivity contribution in [2.45, 2.75) is 47.0 Å². The molecule has 0 N–H and O–H groups in total. The summed E-state index contributed by atoms with van der Waals surface area (Å²) >= 11 is 0. The summed E-state index contributed by atoms with van der Waals surface area (Å²) in [6.45, 7) is 12.3. The molecule has 89 valence electrons. The van der Waals surface area contributed by atoms with Gasteiger partial charge in [-0.1, -0.05) is 31.6 Å². The first-order chi connectivity index (χ1) is 7.38. The summed E-state index contributed by atoms with van der Waals surface area (Å²) in [4.78, 5) is 11.6. The Hall–Kier alpha value is -0.850.